The highest BCUT2D eigenvalue weighted by molar-refractivity contribution is 8.14. The molecule has 2 aromatic rings. The molecule has 1 aliphatic rings. The van der Waals surface area contributed by atoms with E-state index in [-0.39, 0.29) is 11.8 Å². The maximum absolute atomic E-state index is 13.4. The highest BCUT2D eigenvalue weighted by Gasteiger charge is 2.38. The first-order valence-electron chi connectivity index (χ1n) is 9.91. The van der Waals surface area contributed by atoms with E-state index in [1.807, 2.05) is 49.4 Å². The minimum absolute atomic E-state index is 0.269. The molecule has 1 N–H and O–H groups in total. The quantitative estimate of drug-likeness (QED) is 0.681. The molecular weight excluding hydrogens is 394 g/mol. The van der Waals surface area contributed by atoms with Crippen LogP contribution in [-0.2, 0) is 4.79 Å². The summed E-state index contributed by atoms with van der Waals surface area (Å²) in [5.74, 6) is 0.299. The zero-order valence-electron chi connectivity index (χ0n) is 17.4. The number of carbonyl (C=O) groups excluding carboxylic acids is 1. The number of ether oxygens (including phenoxy) is 1. The van der Waals surface area contributed by atoms with Gasteiger partial charge in [-0.2, -0.15) is 5.26 Å². The van der Waals surface area contributed by atoms with Crippen molar-refractivity contribution in [3.05, 3.63) is 71.4 Å². The Balaban J connectivity index is 2.06. The molecule has 2 aromatic carbocycles. The van der Waals surface area contributed by atoms with Gasteiger partial charge in [-0.3, -0.25) is 4.79 Å². The lowest BCUT2D eigenvalue weighted by Gasteiger charge is -2.30. The Hall–Kier alpha value is -3.04. The average molecular weight is 420 g/mol. The first kappa shape index (κ1) is 21.7. The Morgan fingerprint density at radius 1 is 1.20 bits per heavy atom. The maximum Gasteiger partial charge on any atom is 0.254 e. The van der Waals surface area contributed by atoms with Crippen LogP contribution in [0.2, 0.25) is 0 Å². The SMILES string of the molecule is CCCSC1=NC(C)=C(C(=O)Nc2ccccc2OC)[C@H](c2ccccc2)C1C#N. The summed E-state index contributed by atoms with van der Waals surface area (Å²) >= 11 is 1.60. The van der Waals surface area contributed by atoms with Gasteiger partial charge in [0, 0.05) is 17.2 Å². The fourth-order valence-electron chi connectivity index (χ4n) is 3.55. The van der Waals surface area contributed by atoms with Crippen LogP contribution in [0.5, 0.6) is 5.75 Å². The number of nitriles is 1. The number of carbonyl (C=O) groups is 1. The van der Waals surface area contributed by atoms with Crippen LogP contribution in [0.1, 0.15) is 31.7 Å². The zero-order chi connectivity index (χ0) is 21.5. The smallest absolute Gasteiger partial charge is 0.254 e. The van der Waals surface area contributed by atoms with Gasteiger partial charge < -0.3 is 10.1 Å². The molecule has 154 valence electrons. The van der Waals surface area contributed by atoms with Crippen LogP contribution in [0.25, 0.3) is 0 Å². The molecule has 5 nitrogen and oxygen atoms in total. The third-order valence-electron chi connectivity index (χ3n) is 4.93. The molecule has 6 heteroatoms. The third-order valence-corrected chi connectivity index (χ3v) is 6.18. The first-order valence-corrected chi connectivity index (χ1v) is 10.9. The standard InChI is InChI=1S/C24H25N3O2S/c1-4-14-30-24-18(15-25)22(17-10-6-5-7-11-17)21(16(2)26-24)23(28)27-19-12-8-9-13-20(19)29-3/h5-13,18,22H,4,14H2,1-3H3,(H,27,28)/t18?,22-/m1/s1. The lowest BCUT2D eigenvalue weighted by atomic mass is 9.78. The number of amides is 1. The van der Waals surface area contributed by atoms with Crippen LogP contribution < -0.4 is 10.1 Å². The number of methoxy groups -OCH3 is 1. The van der Waals surface area contributed by atoms with Gasteiger partial charge in [-0.1, -0.05) is 49.4 Å². The largest absolute Gasteiger partial charge is 0.495 e. The number of hydrogen-bond acceptors (Lipinski definition) is 5. The molecule has 0 aliphatic carbocycles. The molecule has 0 saturated carbocycles. The molecule has 0 aromatic heterocycles. The number of allylic oxidation sites excluding steroid dienone is 1. The predicted octanol–water partition coefficient (Wildman–Crippen LogP) is 5.39. The van der Waals surface area contributed by atoms with Crippen LogP contribution in [0.4, 0.5) is 5.69 Å². The van der Waals surface area contributed by atoms with Crippen LogP contribution in [0.3, 0.4) is 0 Å². The van der Waals surface area contributed by atoms with E-state index in [9.17, 15) is 10.1 Å². The van der Waals surface area contributed by atoms with Crippen molar-refractivity contribution in [3.63, 3.8) is 0 Å². The Bertz CT molecular complexity index is 1010. The predicted molar refractivity (Wildman–Crippen MR) is 123 cm³/mol. The molecule has 2 atom stereocenters. The van der Waals surface area contributed by atoms with Gasteiger partial charge in [0.25, 0.3) is 5.91 Å². The van der Waals surface area contributed by atoms with Crippen LogP contribution in [0.15, 0.2) is 70.9 Å². The van der Waals surface area contributed by atoms with Crippen molar-refractivity contribution in [1.29, 1.82) is 5.26 Å². The highest BCUT2D eigenvalue weighted by atomic mass is 32.2. The molecule has 0 spiro atoms. The molecule has 0 bridgehead atoms. The van der Waals surface area contributed by atoms with E-state index in [2.05, 4.69) is 23.3 Å². The van der Waals surface area contributed by atoms with Crippen LogP contribution >= 0.6 is 11.8 Å². The monoisotopic (exact) mass is 419 g/mol. The van der Waals surface area contributed by atoms with Gasteiger partial charge >= 0.3 is 0 Å². The number of benzene rings is 2. The maximum atomic E-state index is 13.4. The van der Waals surface area contributed by atoms with Crippen molar-refractivity contribution < 1.29 is 9.53 Å². The average Bonchev–Trinajstić information content (AvgIpc) is 2.77. The van der Waals surface area contributed by atoms with Gasteiger partial charge in [0.15, 0.2) is 0 Å². The number of nitrogens with zero attached hydrogens (tertiary/aromatic N) is 2. The van der Waals surface area contributed by atoms with E-state index in [4.69, 9.17) is 4.74 Å². The molecule has 30 heavy (non-hydrogen) atoms. The zero-order valence-corrected chi connectivity index (χ0v) is 18.2. The summed E-state index contributed by atoms with van der Waals surface area (Å²) in [7, 11) is 1.57. The van der Waals surface area contributed by atoms with Gasteiger partial charge in [-0.15, -0.1) is 11.8 Å². The molecule has 3 rings (SSSR count). The molecule has 0 saturated heterocycles. The van der Waals surface area contributed by atoms with E-state index in [1.54, 1.807) is 31.0 Å². The van der Waals surface area contributed by atoms with Crippen molar-refractivity contribution in [2.45, 2.75) is 26.2 Å². The highest BCUT2D eigenvalue weighted by Crippen LogP contribution is 2.41. The van der Waals surface area contributed by atoms with E-state index < -0.39 is 5.92 Å². The molecule has 0 fully saturated rings. The summed E-state index contributed by atoms with van der Waals surface area (Å²) in [5, 5.41) is 13.8. The summed E-state index contributed by atoms with van der Waals surface area (Å²) in [6.45, 7) is 3.94. The summed E-state index contributed by atoms with van der Waals surface area (Å²) in [6.07, 6.45) is 0.988. The number of para-hydroxylation sites is 2. The van der Waals surface area contributed by atoms with Gasteiger partial charge in [0.05, 0.1) is 23.9 Å². The fraction of sp³-hybridized carbons (Fsp3) is 0.292. The van der Waals surface area contributed by atoms with Crippen molar-refractivity contribution in [2.75, 3.05) is 18.2 Å². The molecular formula is C24H25N3O2S. The second-order valence-electron chi connectivity index (χ2n) is 6.95. The summed E-state index contributed by atoms with van der Waals surface area (Å²) in [4.78, 5) is 18.1. The van der Waals surface area contributed by atoms with E-state index in [0.29, 0.717) is 22.7 Å². The summed E-state index contributed by atoms with van der Waals surface area (Å²) in [5.41, 5.74) is 2.67. The van der Waals surface area contributed by atoms with Crippen molar-refractivity contribution >= 4 is 28.4 Å². The Morgan fingerprint density at radius 2 is 1.90 bits per heavy atom. The Morgan fingerprint density at radius 3 is 2.57 bits per heavy atom. The minimum Gasteiger partial charge on any atom is -0.495 e. The van der Waals surface area contributed by atoms with Crippen molar-refractivity contribution in [1.82, 2.24) is 0 Å². The van der Waals surface area contributed by atoms with Gasteiger partial charge in [0.2, 0.25) is 0 Å². The lowest BCUT2D eigenvalue weighted by molar-refractivity contribution is -0.113. The number of anilines is 1. The number of rotatable bonds is 6. The second-order valence-corrected chi connectivity index (χ2v) is 8.06. The number of aliphatic imine (C=N–C) groups is 1. The second kappa shape index (κ2) is 10.1. The van der Waals surface area contributed by atoms with E-state index in [1.165, 1.54) is 0 Å². The lowest BCUT2D eigenvalue weighted by Crippen LogP contribution is -2.31. The number of thioether (sulfide) groups is 1. The Kier molecular flexibility index (Phi) is 7.31. The normalized spacial score (nSPS) is 18.4. The molecule has 1 heterocycles. The molecule has 1 unspecified atom stereocenters. The van der Waals surface area contributed by atoms with Gasteiger partial charge in [-0.05, 0) is 36.8 Å². The first-order chi connectivity index (χ1) is 14.6. The summed E-state index contributed by atoms with van der Waals surface area (Å²) < 4.78 is 5.36. The topological polar surface area (TPSA) is 74.5 Å². The number of nitrogens with one attached hydrogen (secondary N) is 1. The third kappa shape index (κ3) is 4.58. The van der Waals surface area contributed by atoms with Crippen LogP contribution in [-0.4, -0.2) is 23.8 Å². The molecule has 0 radical (unpaired) electrons. The Labute approximate surface area is 181 Å². The van der Waals surface area contributed by atoms with Crippen molar-refractivity contribution in [2.24, 2.45) is 10.9 Å². The van der Waals surface area contributed by atoms with E-state index in [0.717, 1.165) is 22.8 Å². The van der Waals surface area contributed by atoms with Crippen LogP contribution in [0, 0.1) is 17.2 Å². The molecule has 1 aliphatic heterocycles. The summed E-state index contributed by atoms with van der Waals surface area (Å²) in [6, 6.07) is 19.4. The molecule has 1 amide bonds. The number of hydrogen-bond donors (Lipinski definition) is 1. The van der Waals surface area contributed by atoms with Crippen molar-refractivity contribution in [3.8, 4) is 11.8 Å². The van der Waals surface area contributed by atoms with Gasteiger partial charge in [-0.25, -0.2) is 4.99 Å². The fourth-order valence-corrected chi connectivity index (χ4v) is 4.53. The van der Waals surface area contributed by atoms with Gasteiger partial charge in [0.1, 0.15) is 11.7 Å². The van der Waals surface area contributed by atoms with E-state index >= 15 is 0 Å². The minimum atomic E-state index is -0.508.